The first-order valence-corrected chi connectivity index (χ1v) is 10.1. The molecule has 0 aliphatic carbocycles. The van der Waals surface area contributed by atoms with Gasteiger partial charge in [0.2, 0.25) is 0 Å². The first-order chi connectivity index (χ1) is 13.5. The molecule has 0 aliphatic heterocycles. The number of hydrogen-bond acceptors (Lipinski definition) is 5. The zero-order valence-corrected chi connectivity index (χ0v) is 16.0. The fraction of sp³-hybridized carbons (Fsp3) is 0.100. The van der Waals surface area contributed by atoms with E-state index in [9.17, 15) is 13.2 Å². The number of carbonyl (C=O) groups excluding carboxylic acids is 1. The monoisotopic (exact) mass is 397 g/mol. The van der Waals surface area contributed by atoms with E-state index >= 15 is 0 Å². The molecule has 8 heteroatoms. The van der Waals surface area contributed by atoms with Crippen LogP contribution in [0.25, 0.3) is 11.8 Å². The summed E-state index contributed by atoms with van der Waals surface area (Å²) in [5.74, 6) is -0.490. The normalized spacial score (nSPS) is 11.5. The lowest BCUT2D eigenvalue weighted by Crippen LogP contribution is -2.09. The lowest BCUT2D eigenvalue weighted by atomic mass is 10.2. The Labute approximate surface area is 163 Å². The number of anilines is 1. The van der Waals surface area contributed by atoms with Gasteiger partial charge >= 0.3 is 5.97 Å². The number of nitrogens with zero attached hydrogens (tertiary/aromatic N) is 2. The minimum absolute atomic E-state index is 0.206. The van der Waals surface area contributed by atoms with Gasteiger partial charge in [0.15, 0.2) is 5.69 Å². The summed E-state index contributed by atoms with van der Waals surface area (Å²) in [6.45, 7) is 2.00. The van der Waals surface area contributed by atoms with Gasteiger partial charge in [0.05, 0.1) is 17.7 Å². The van der Waals surface area contributed by atoms with Crippen LogP contribution in [0.15, 0.2) is 72.3 Å². The molecular weight excluding hydrogens is 378 g/mol. The van der Waals surface area contributed by atoms with Gasteiger partial charge in [-0.3, -0.25) is 4.72 Å². The van der Waals surface area contributed by atoms with Crippen LogP contribution in [0, 0.1) is 0 Å². The molecule has 0 atom stereocenters. The fourth-order valence-corrected chi connectivity index (χ4v) is 3.26. The number of esters is 1. The summed E-state index contributed by atoms with van der Waals surface area (Å²) in [5, 5.41) is 5.28. The summed E-state index contributed by atoms with van der Waals surface area (Å²) in [6.07, 6.45) is 3.16. The Morgan fingerprint density at radius 2 is 1.82 bits per heavy atom. The molecule has 7 nitrogen and oxygen atoms in total. The smallest absolute Gasteiger partial charge is 0.358 e. The zero-order valence-electron chi connectivity index (χ0n) is 15.1. The summed E-state index contributed by atoms with van der Waals surface area (Å²) in [7, 11) is -3.64. The van der Waals surface area contributed by atoms with E-state index in [1.807, 2.05) is 30.3 Å². The first-order valence-electron chi connectivity index (χ1n) is 8.56. The van der Waals surface area contributed by atoms with Crippen LogP contribution in [-0.4, -0.2) is 30.8 Å². The van der Waals surface area contributed by atoms with E-state index in [-0.39, 0.29) is 12.3 Å². The molecule has 0 fully saturated rings. The molecule has 1 heterocycles. The number of nitrogens with one attached hydrogen (secondary N) is 1. The highest BCUT2D eigenvalue weighted by Gasteiger charge is 2.11. The Morgan fingerprint density at radius 1 is 1.11 bits per heavy atom. The number of aromatic nitrogens is 2. The fourth-order valence-electron chi connectivity index (χ4n) is 2.39. The second-order valence-corrected chi connectivity index (χ2v) is 7.34. The van der Waals surface area contributed by atoms with Crippen LogP contribution in [-0.2, 0) is 14.8 Å². The van der Waals surface area contributed by atoms with Gasteiger partial charge in [-0.2, -0.15) is 5.10 Å². The third-order valence-corrected chi connectivity index (χ3v) is 4.72. The molecule has 3 rings (SSSR count). The number of hydrogen-bond donors (Lipinski definition) is 1. The van der Waals surface area contributed by atoms with Crippen LogP contribution in [0.2, 0.25) is 0 Å². The maximum absolute atomic E-state index is 12.2. The maximum Gasteiger partial charge on any atom is 0.358 e. The Kier molecular flexibility index (Phi) is 5.90. The van der Waals surface area contributed by atoms with Crippen molar-refractivity contribution in [2.45, 2.75) is 6.92 Å². The summed E-state index contributed by atoms with van der Waals surface area (Å²) >= 11 is 0. The number of ether oxygens (including phenoxy) is 1. The highest BCUT2D eigenvalue weighted by molar-refractivity contribution is 7.95. The van der Waals surface area contributed by atoms with E-state index in [2.05, 4.69) is 9.82 Å². The summed E-state index contributed by atoms with van der Waals surface area (Å²) in [5.41, 5.74) is 2.09. The van der Waals surface area contributed by atoms with Gasteiger partial charge in [-0.1, -0.05) is 30.3 Å². The van der Waals surface area contributed by atoms with E-state index in [0.29, 0.717) is 11.4 Å². The van der Waals surface area contributed by atoms with Crippen LogP contribution in [0.1, 0.15) is 23.0 Å². The predicted octanol–water partition coefficient (Wildman–Crippen LogP) is 3.46. The average molecular weight is 397 g/mol. The van der Waals surface area contributed by atoms with Crippen LogP contribution < -0.4 is 4.72 Å². The SMILES string of the molecule is CCOC(=O)c1ccn(-c2ccc(NS(=O)(=O)/C=C/c3ccccc3)cc2)n1. The molecule has 0 saturated carbocycles. The molecule has 3 aromatic rings. The molecule has 0 unspecified atom stereocenters. The molecule has 1 N–H and O–H groups in total. The van der Waals surface area contributed by atoms with E-state index in [0.717, 1.165) is 11.0 Å². The molecular formula is C20H19N3O4S. The lowest BCUT2D eigenvalue weighted by Gasteiger charge is -2.06. The van der Waals surface area contributed by atoms with Crippen molar-refractivity contribution in [3.05, 3.63) is 83.5 Å². The van der Waals surface area contributed by atoms with Crippen molar-refractivity contribution >= 4 is 27.8 Å². The highest BCUT2D eigenvalue weighted by Crippen LogP contribution is 2.15. The number of rotatable bonds is 7. The largest absolute Gasteiger partial charge is 0.461 e. The molecule has 0 radical (unpaired) electrons. The number of benzene rings is 2. The zero-order chi connectivity index (χ0) is 20.0. The van der Waals surface area contributed by atoms with Gasteiger partial charge in [-0.15, -0.1) is 0 Å². The van der Waals surface area contributed by atoms with Gasteiger partial charge in [0, 0.05) is 11.9 Å². The lowest BCUT2D eigenvalue weighted by molar-refractivity contribution is 0.0519. The van der Waals surface area contributed by atoms with Gasteiger partial charge in [-0.25, -0.2) is 17.9 Å². The Hall–Kier alpha value is -3.39. The third kappa shape index (κ3) is 5.08. The molecule has 0 aliphatic rings. The number of sulfonamides is 1. The molecule has 0 bridgehead atoms. The minimum atomic E-state index is -3.64. The summed E-state index contributed by atoms with van der Waals surface area (Å²) < 4.78 is 33.3. The molecule has 28 heavy (non-hydrogen) atoms. The van der Waals surface area contributed by atoms with E-state index in [4.69, 9.17) is 4.74 Å². The number of carbonyl (C=O) groups is 1. The highest BCUT2D eigenvalue weighted by atomic mass is 32.2. The van der Waals surface area contributed by atoms with Gasteiger partial charge < -0.3 is 4.74 Å². The maximum atomic E-state index is 12.2. The summed E-state index contributed by atoms with van der Waals surface area (Å²) in [6, 6.07) is 17.3. The molecule has 1 aromatic heterocycles. The topological polar surface area (TPSA) is 90.3 Å². The van der Waals surface area contributed by atoms with Crippen molar-refractivity contribution in [3.8, 4) is 5.69 Å². The van der Waals surface area contributed by atoms with Crippen molar-refractivity contribution in [2.75, 3.05) is 11.3 Å². The van der Waals surface area contributed by atoms with E-state index in [1.54, 1.807) is 43.5 Å². The van der Waals surface area contributed by atoms with Gasteiger partial charge in [0.25, 0.3) is 10.0 Å². The van der Waals surface area contributed by atoms with Crippen molar-refractivity contribution in [3.63, 3.8) is 0 Å². The quantitative estimate of drug-likeness (QED) is 0.617. The predicted molar refractivity (Wildman–Crippen MR) is 108 cm³/mol. The van der Waals surface area contributed by atoms with Crippen molar-refractivity contribution in [2.24, 2.45) is 0 Å². The first kappa shape index (κ1) is 19.4. The molecule has 0 spiro atoms. The second kappa shape index (κ2) is 8.53. The molecule has 0 saturated heterocycles. The van der Waals surface area contributed by atoms with Gasteiger partial charge in [0.1, 0.15) is 0 Å². The second-order valence-electron chi connectivity index (χ2n) is 5.77. The molecule has 2 aromatic carbocycles. The molecule has 0 amide bonds. The summed E-state index contributed by atoms with van der Waals surface area (Å²) in [4.78, 5) is 11.7. The minimum Gasteiger partial charge on any atom is -0.461 e. The van der Waals surface area contributed by atoms with Crippen LogP contribution in [0.4, 0.5) is 5.69 Å². The Morgan fingerprint density at radius 3 is 2.50 bits per heavy atom. The average Bonchev–Trinajstić information content (AvgIpc) is 3.18. The van der Waals surface area contributed by atoms with E-state index in [1.165, 1.54) is 10.8 Å². The van der Waals surface area contributed by atoms with Crippen molar-refractivity contribution in [1.82, 2.24) is 9.78 Å². The van der Waals surface area contributed by atoms with Crippen molar-refractivity contribution < 1.29 is 17.9 Å². The molecule has 144 valence electrons. The Bertz CT molecular complexity index is 1070. The van der Waals surface area contributed by atoms with Crippen molar-refractivity contribution in [1.29, 1.82) is 0 Å². The standard InChI is InChI=1S/C20H19N3O4S/c1-2-27-20(24)19-12-14-23(21-19)18-10-8-17(9-11-18)22-28(25,26)15-13-16-6-4-3-5-7-16/h3-15,22H,2H2,1H3/b15-13+. The Balaban J connectivity index is 1.69. The van der Waals surface area contributed by atoms with Crippen LogP contribution >= 0.6 is 0 Å². The van der Waals surface area contributed by atoms with Gasteiger partial charge in [-0.05, 0) is 48.9 Å². The third-order valence-electron chi connectivity index (χ3n) is 3.70. The van der Waals surface area contributed by atoms with Crippen LogP contribution in [0.5, 0.6) is 0 Å². The van der Waals surface area contributed by atoms with E-state index < -0.39 is 16.0 Å². The van der Waals surface area contributed by atoms with Crippen LogP contribution in [0.3, 0.4) is 0 Å².